The molecule has 0 spiro atoms. The van der Waals surface area contributed by atoms with Crippen LogP contribution in [-0.2, 0) is 9.84 Å². The van der Waals surface area contributed by atoms with Crippen LogP contribution in [0.4, 0.5) is 0 Å². The third kappa shape index (κ3) is 3.21. The van der Waals surface area contributed by atoms with E-state index in [1.54, 1.807) is 18.7 Å². The minimum atomic E-state index is -2.96. The number of thioether (sulfide) groups is 1. The molecule has 0 aromatic heterocycles. The van der Waals surface area contributed by atoms with Gasteiger partial charge in [-0.2, -0.15) is 11.8 Å². The molecule has 0 radical (unpaired) electrons. The number of nitrogens with two attached hydrogens (primary N) is 1. The van der Waals surface area contributed by atoms with E-state index < -0.39 is 9.84 Å². The molecule has 0 aromatic rings. The van der Waals surface area contributed by atoms with E-state index in [1.165, 1.54) is 0 Å². The van der Waals surface area contributed by atoms with Gasteiger partial charge in [-0.05, 0) is 25.7 Å². The van der Waals surface area contributed by atoms with Crippen LogP contribution < -0.4 is 5.73 Å². The molecule has 0 amide bonds. The fourth-order valence-corrected chi connectivity index (χ4v) is 6.04. The average molecular weight is 292 g/mol. The van der Waals surface area contributed by atoms with E-state index in [9.17, 15) is 8.42 Å². The van der Waals surface area contributed by atoms with Crippen LogP contribution >= 0.6 is 11.8 Å². The predicted octanol–water partition coefficient (Wildman–Crippen LogP) is 1.07. The standard InChI is InChI=1S/C12H24N2O2S2/c1-2-18(15,16)12-9-17-8-7-14(12)11-5-3-10(13)4-6-11/h10-12H,2-9,13H2,1H3. The molecular weight excluding hydrogens is 268 g/mol. The lowest BCUT2D eigenvalue weighted by Gasteiger charge is -2.42. The molecule has 18 heavy (non-hydrogen) atoms. The summed E-state index contributed by atoms with van der Waals surface area (Å²) in [4.78, 5) is 2.25. The predicted molar refractivity (Wildman–Crippen MR) is 77.5 cm³/mol. The third-order valence-corrected chi connectivity index (χ3v) is 7.46. The van der Waals surface area contributed by atoms with E-state index in [1.807, 2.05) is 0 Å². The lowest BCUT2D eigenvalue weighted by atomic mass is 9.91. The molecule has 1 saturated carbocycles. The molecule has 1 unspecified atom stereocenters. The Morgan fingerprint density at radius 3 is 2.56 bits per heavy atom. The first-order chi connectivity index (χ1) is 8.54. The first kappa shape index (κ1) is 14.6. The summed E-state index contributed by atoms with van der Waals surface area (Å²) < 4.78 is 24.4. The maximum atomic E-state index is 12.2. The van der Waals surface area contributed by atoms with Gasteiger partial charge < -0.3 is 5.73 Å². The smallest absolute Gasteiger partial charge is 0.166 e. The van der Waals surface area contributed by atoms with Crippen molar-refractivity contribution in [3.05, 3.63) is 0 Å². The molecule has 1 atom stereocenters. The summed E-state index contributed by atoms with van der Waals surface area (Å²) in [6.07, 6.45) is 4.18. The van der Waals surface area contributed by atoms with Gasteiger partial charge >= 0.3 is 0 Å². The van der Waals surface area contributed by atoms with Crippen LogP contribution in [-0.4, -0.2) is 54.6 Å². The molecule has 1 aliphatic heterocycles. The zero-order valence-electron chi connectivity index (χ0n) is 11.0. The van der Waals surface area contributed by atoms with Gasteiger partial charge in [0.2, 0.25) is 0 Å². The molecule has 106 valence electrons. The van der Waals surface area contributed by atoms with Crippen LogP contribution in [0, 0.1) is 0 Å². The molecule has 6 heteroatoms. The van der Waals surface area contributed by atoms with Crippen molar-refractivity contribution in [1.29, 1.82) is 0 Å². The Morgan fingerprint density at radius 1 is 1.28 bits per heavy atom. The highest BCUT2D eigenvalue weighted by molar-refractivity contribution is 8.01. The Balaban J connectivity index is 2.08. The Morgan fingerprint density at radius 2 is 1.94 bits per heavy atom. The summed E-state index contributed by atoms with van der Waals surface area (Å²) in [5.41, 5.74) is 5.93. The monoisotopic (exact) mass is 292 g/mol. The lowest BCUT2D eigenvalue weighted by molar-refractivity contribution is 0.146. The second-order valence-electron chi connectivity index (χ2n) is 5.29. The van der Waals surface area contributed by atoms with Gasteiger partial charge in [-0.25, -0.2) is 8.42 Å². The Hall–Kier alpha value is 0.220. The summed E-state index contributed by atoms with van der Waals surface area (Å²) in [5.74, 6) is 2.04. The number of hydrogen-bond donors (Lipinski definition) is 1. The lowest BCUT2D eigenvalue weighted by Crippen LogP contribution is -2.53. The van der Waals surface area contributed by atoms with Crippen molar-refractivity contribution in [2.75, 3.05) is 23.8 Å². The largest absolute Gasteiger partial charge is 0.328 e. The molecule has 0 aromatic carbocycles. The summed E-state index contributed by atoms with van der Waals surface area (Å²) in [7, 11) is -2.96. The normalized spacial score (nSPS) is 35.6. The summed E-state index contributed by atoms with van der Waals surface area (Å²) in [6.45, 7) is 2.66. The highest BCUT2D eigenvalue weighted by atomic mass is 32.2. The molecule has 1 heterocycles. The Bertz CT molecular complexity index is 364. The van der Waals surface area contributed by atoms with E-state index in [-0.39, 0.29) is 11.1 Å². The van der Waals surface area contributed by atoms with Crippen molar-refractivity contribution in [3.63, 3.8) is 0 Å². The summed E-state index contributed by atoms with van der Waals surface area (Å²) in [6, 6.07) is 0.749. The zero-order chi connectivity index (χ0) is 13.2. The van der Waals surface area contributed by atoms with Crippen molar-refractivity contribution in [2.24, 2.45) is 5.73 Å². The first-order valence-corrected chi connectivity index (χ1v) is 9.72. The molecule has 4 nitrogen and oxygen atoms in total. The van der Waals surface area contributed by atoms with Crippen LogP contribution in [0.5, 0.6) is 0 Å². The maximum Gasteiger partial charge on any atom is 0.166 e. The Kier molecular flexibility index (Phi) is 4.97. The van der Waals surface area contributed by atoms with Crippen LogP contribution in [0.15, 0.2) is 0 Å². The fraction of sp³-hybridized carbons (Fsp3) is 1.00. The van der Waals surface area contributed by atoms with Crippen molar-refractivity contribution in [2.45, 2.75) is 50.1 Å². The van der Waals surface area contributed by atoms with Crippen molar-refractivity contribution < 1.29 is 8.42 Å². The molecule has 2 fully saturated rings. The van der Waals surface area contributed by atoms with Crippen LogP contribution in [0.25, 0.3) is 0 Å². The van der Waals surface area contributed by atoms with Gasteiger partial charge in [-0.3, -0.25) is 4.90 Å². The van der Waals surface area contributed by atoms with Gasteiger partial charge in [0.15, 0.2) is 9.84 Å². The first-order valence-electron chi connectivity index (χ1n) is 6.85. The van der Waals surface area contributed by atoms with Gasteiger partial charge in [-0.15, -0.1) is 0 Å². The van der Waals surface area contributed by atoms with Gasteiger partial charge in [0, 0.05) is 35.9 Å². The highest BCUT2D eigenvalue weighted by Gasteiger charge is 2.37. The quantitative estimate of drug-likeness (QED) is 0.843. The summed E-state index contributed by atoms with van der Waals surface area (Å²) in [5, 5.41) is -0.263. The number of sulfone groups is 1. The second kappa shape index (κ2) is 6.11. The molecule has 0 bridgehead atoms. The van der Waals surface area contributed by atoms with Gasteiger partial charge in [0.1, 0.15) is 5.37 Å². The van der Waals surface area contributed by atoms with E-state index in [0.717, 1.165) is 43.7 Å². The molecule has 2 rings (SSSR count). The second-order valence-corrected chi connectivity index (χ2v) is 8.88. The number of hydrogen-bond acceptors (Lipinski definition) is 5. The molecular formula is C12H24N2O2S2. The minimum Gasteiger partial charge on any atom is -0.328 e. The van der Waals surface area contributed by atoms with E-state index in [2.05, 4.69) is 4.90 Å². The molecule has 1 aliphatic carbocycles. The van der Waals surface area contributed by atoms with Crippen LogP contribution in [0.2, 0.25) is 0 Å². The fourth-order valence-electron chi connectivity index (χ4n) is 2.95. The van der Waals surface area contributed by atoms with Gasteiger partial charge in [0.05, 0.1) is 0 Å². The van der Waals surface area contributed by atoms with Crippen LogP contribution in [0.1, 0.15) is 32.6 Å². The van der Waals surface area contributed by atoms with E-state index in [0.29, 0.717) is 12.1 Å². The SMILES string of the molecule is CCS(=O)(=O)C1CSCCN1C1CCC(N)CC1. The maximum absolute atomic E-state index is 12.2. The molecule has 1 saturated heterocycles. The third-order valence-electron chi connectivity index (χ3n) is 4.15. The minimum absolute atomic E-state index is 0.251. The highest BCUT2D eigenvalue weighted by Crippen LogP contribution is 2.29. The summed E-state index contributed by atoms with van der Waals surface area (Å²) >= 11 is 1.77. The van der Waals surface area contributed by atoms with Crippen LogP contribution in [0.3, 0.4) is 0 Å². The number of rotatable bonds is 3. The van der Waals surface area contributed by atoms with Crippen molar-refractivity contribution in [3.8, 4) is 0 Å². The van der Waals surface area contributed by atoms with Crippen molar-refractivity contribution >= 4 is 21.6 Å². The van der Waals surface area contributed by atoms with Gasteiger partial charge in [-0.1, -0.05) is 6.92 Å². The number of nitrogens with zero attached hydrogens (tertiary/aromatic N) is 1. The van der Waals surface area contributed by atoms with E-state index in [4.69, 9.17) is 5.73 Å². The van der Waals surface area contributed by atoms with E-state index >= 15 is 0 Å². The van der Waals surface area contributed by atoms with Gasteiger partial charge in [0.25, 0.3) is 0 Å². The zero-order valence-corrected chi connectivity index (χ0v) is 12.7. The molecule has 2 N–H and O–H groups in total. The van der Waals surface area contributed by atoms with Crippen molar-refractivity contribution in [1.82, 2.24) is 4.90 Å². The Labute approximate surface area is 115 Å². The molecule has 2 aliphatic rings. The topological polar surface area (TPSA) is 63.4 Å². The average Bonchev–Trinajstić information content (AvgIpc) is 2.40.